The van der Waals surface area contributed by atoms with Crippen LogP contribution in [0.3, 0.4) is 0 Å². The van der Waals surface area contributed by atoms with E-state index in [1.165, 1.54) is 12.1 Å². The maximum Gasteiger partial charge on any atom is 0.223 e. The zero-order valence-corrected chi connectivity index (χ0v) is 12.3. The molecule has 0 saturated heterocycles. The Balaban J connectivity index is 1.90. The second kappa shape index (κ2) is 7.52. The van der Waals surface area contributed by atoms with Gasteiger partial charge in [0.25, 0.3) is 0 Å². The molecule has 3 atom stereocenters. The lowest BCUT2D eigenvalue weighted by Gasteiger charge is -2.21. The number of ether oxygens (including phenoxy) is 1. The van der Waals surface area contributed by atoms with Gasteiger partial charge < -0.3 is 15.8 Å². The minimum atomic E-state index is -0.283. The van der Waals surface area contributed by atoms with Crippen molar-refractivity contribution in [3.63, 3.8) is 0 Å². The molecular weight excluding hydrogens is 271 g/mol. The van der Waals surface area contributed by atoms with E-state index < -0.39 is 0 Å². The number of amides is 1. The molecule has 116 valence electrons. The second-order valence-electron chi connectivity index (χ2n) is 5.55. The van der Waals surface area contributed by atoms with Crippen molar-refractivity contribution in [1.29, 1.82) is 0 Å². The SMILES string of the molecule is COC(CNC(=O)[C@@H]1CCC[C@@H]1CN)c1ccc(F)cc1. The molecule has 0 bridgehead atoms. The first-order valence-electron chi connectivity index (χ1n) is 7.41. The predicted octanol–water partition coefficient (Wildman–Crippen LogP) is 2.00. The Hall–Kier alpha value is -1.46. The molecule has 0 aliphatic heterocycles. The molecule has 21 heavy (non-hydrogen) atoms. The molecule has 4 nitrogen and oxygen atoms in total. The number of halogens is 1. The lowest BCUT2D eigenvalue weighted by Crippen LogP contribution is -2.37. The van der Waals surface area contributed by atoms with Crippen LogP contribution in [0, 0.1) is 17.7 Å². The van der Waals surface area contributed by atoms with Crippen LogP contribution in [0.5, 0.6) is 0 Å². The predicted molar refractivity (Wildman–Crippen MR) is 79.0 cm³/mol. The van der Waals surface area contributed by atoms with Gasteiger partial charge in [0.1, 0.15) is 5.82 Å². The van der Waals surface area contributed by atoms with Crippen LogP contribution in [0.15, 0.2) is 24.3 Å². The van der Waals surface area contributed by atoms with Crippen molar-refractivity contribution in [2.45, 2.75) is 25.4 Å². The Labute approximate surface area is 124 Å². The van der Waals surface area contributed by atoms with Crippen LogP contribution < -0.4 is 11.1 Å². The Morgan fingerprint density at radius 1 is 1.43 bits per heavy atom. The highest BCUT2D eigenvalue weighted by Crippen LogP contribution is 2.31. The first-order valence-corrected chi connectivity index (χ1v) is 7.41. The van der Waals surface area contributed by atoms with Gasteiger partial charge in [0.05, 0.1) is 6.10 Å². The summed E-state index contributed by atoms with van der Waals surface area (Å²) in [5.74, 6) is 0.0685. The average molecular weight is 294 g/mol. The average Bonchev–Trinajstić information content (AvgIpc) is 2.98. The van der Waals surface area contributed by atoms with Crippen molar-refractivity contribution < 1.29 is 13.9 Å². The van der Waals surface area contributed by atoms with E-state index in [4.69, 9.17) is 10.5 Å². The van der Waals surface area contributed by atoms with Crippen molar-refractivity contribution in [2.75, 3.05) is 20.2 Å². The van der Waals surface area contributed by atoms with Gasteiger partial charge in [-0.25, -0.2) is 4.39 Å². The monoisotopic (exact) mass is 294 g/mol. The van der Waals surface area contributed by atoms with Crippen LogP contribution in [0.2, 0.25) is 0 Å². The molecule has 5 heteroatoms. The van der Waals surface area contributed by atoms with Crippen LogP contribution in [0.4, 0.5) is 4.39 Å². The molecule has 2 rings (SSSR count). The molecule has 1 aliphatic rings. The number of rotatable bonds is 6. The minimum Gasteiger partial charge on any atom is -0.375 e. The third kappa shape index (κ3) is 4.02. The standard InChI is InChI=1S/C16H23FN2O2/c1-21-15(11-5-7-13(17)8-6-11)10-19-16(20)14-4-2-3-12(14)9-18/h5-8,12,14-15H,2-4,9-10,18H2,1H3,(H,19,20)/t12-,14-,15?/m1/s1. The van der Waals surface area contributed by atoms with E-state index in [-0.39, 0.29) is 29.7 Å². The highest BCUT2D eigenvalue weighted by Gasteiger charge is 2.32. The van der Waals surface area contributed by atoms with E-state index in [0.29, 0.717) is 13.1 Å². The fraction of sp³-hybridized carbons (Fsp3) is 0.562. The summed E-state index contributed by atoms with van der Waals surface area (Å²) in [6.07, 6.45) is 2.72. The number of nitrogens with two attached hydrogens (primary N) is 1. The second-order valence-corrected chi connectivity index (χ2v) is 5.55. The maximum atomic E-state index is 12.9. The van der Waals surface area contributed by atoms with Gasteiger partial charge in [0, 0.05) is 19.6 Å². The van der Waals surface area contributed by atoms with Gasteiger partial charge in [-0.15, -0.1) is 0 Å². The van der Waals surface area contributed by atoms with E-state index in [0.717, 1.165) is 24.8 Å². The van der Waals surface area contributed by atoms with Crippen LogP contribution >= 0.6 is 0 Å². The van der Waals surface area contributed by atoms with Gasteiger partial charge in [0.2, 0.25) is 5.91 Å². The molecule has 1 unspecified atom stereocenters. The number of carbonyl (C=O) groups excluding carboxylic acids is 1. The Morgan fingerprint density at radius 3 is 2.76 bits per heavy atom. The van der Waals surface area contributed by atoms with Gasteiger partial charge in [0.15, 0.2) is 0 Å². The van der Waals surface area contributed by atoms with E-state index in [1.54, 1.807) is 19.2 Å². The van der Waals surface area contributed by atoms with Crippen LogP contribution in [-0.4, -0.2) is 26.1 Å². The minimum absolute atomic E-state index is 0.0146. The lowest BCUT2D eigenvalue weighted by atomic mass is 9.95. The largest absolute Gasteiger partial charge is 0.375 e. The van der Waals surface area contributed by atoms with Crippen molar-refractivity contribution in [2.24, 2.45) is 17.6 Å². The quantitative estimate of drug-likeness (QED) is 0.843. The Bertz CT molecular complexity index is 464. The highest BCUT2D eigenvalue weighted by atomic mass is 19.1. The number of hydrogen-bond acceptors (Lipinski definition) is 3. The molecule has 0 heterocycles. The lowest BCUT2D eigenvalue weighted by molar-refractivity contribution is -0.126. The highest BCUT2D eigenvalue weighted by molar-refractivity contribution is 5.79. The molecular formula is C16H23FN2O2. The summed E-state index contributed by atoms with van der Waals surface area (Å²) in [5, 5.41) is 2.94. The first-order chi connectivity index (χ1) is 10.2. The van der Waals surface area contributed by atoms with E-state index in [2.05, 4.69) is 5.32 Å². The molecule has 3 N–H and O–H groups in total. The molecule has 1 amide bonds. The molecule has 1 aromatic rings. The van der Waals surface area contributed by atoms with Gasteiger partial charge in [-0.1, -0.05) is 18.6 Å². The zero-order chi connectivity index (χ0) is 15.2. The van der Waals surface area contributed by atoms with Crippen LogP contribution in [0.1, 0.15) is 30.9 Å². The van der Waals surface area contributed by atoms with E-state index >= 15 is 0 Å². The Morgan fingerprint density at radius 2 is 2.14 bits per heavy atom. The van der Waals surface area contributed by atoms with Gasteiger partial charge in [-0.05, 0) is 43.0 Å². The third-order valence-electron chi connectivity index (χ3n) is 4.29. The fourth-order valence-electron chi connectivity index (χ4n) is 3.00. The first kappa shape index (κ1) is 15.9. The topological polar surface area (TPSA) is 64.3 Å². The molecule has 1 fully saturated rings. The normalized spacial score (nSPS) is 23.0. The summed E-state index contributed by atoms with van der Waals surface area (Å²) < 4.78 is 18.3. The molecule has 0 aromatic heterocycles. The van der Waals surface area contributed by atoms with Crippen molar-refractivity contribution >= 4 is 5.91 Å². The molecule has 1 aromatic carbocycles. The summed E-state index contributed by atoms with van der Waals surface area (Å²) >= 11 is 0. The summed E-state index contributed by atoms with van der Waals surface area (Å²) in [7, 11) is 1.58. The summed E-state index contributed by atoms with van der Waals surface area (Å²) in [4.78, 5) is 12.2. The number of nitrogens with one attached hydrogen (secondary N) is 1. The molecule has 1 saturated carbocycles. The number of hydrogen-bond donors (Lipinski definition) is 2. The number of carbonyl (C=O) groups is 1. The van der Waals surface area contributed by atoms with Gasteiger partial charge >= 0.3 is 0 Å². The van der Waals surface area contributed by atoms with Gasteiger partial charge in [-0.3, -0.25) is 4.79 Å². The van der Waals surface area contributed by atoms with Crippen molar-refractivity contribution in [3.05, 3.63) is 35.6 Å². The smallest absolute Gasteiger partial charge is 0.223 e. The van der Waals surface area contributed by atoms with E-state index in [9.17, 15) is 9.18 Å². The Kier molecular flexibility index (Phi) is 5.70. The zero-order valence-electron chi connectivity index (χ0n) is 12.3. The summed E-state index contributed by atoms with van der Waals surface area (Å²) in [5.41, 5.74) is 6.56. The van der Waals surface area contributed by atoms with Crippen LogP contribution in [-0.2, 0) is 9.53 Å². The number of benzene rings is 1. The number of methoxy groups -OCH3 is 1. The molecule has 0 spiro atoms. The van der Waals surface area contributed by atoms with E-state index in [1.807, 2.05) is 0 Å². The molecule has 0 radical (unpaired) electrons. The summed E-state index contributed by atoms with van der Waals surface area (Å²) in [6.45, 7) is 0.943. The van der Waals surface area contributed by atoms with Crippen molar-refractivity contribution in [1.82, 2.24) is 5.32 Å². The third-order valence-corrected chi connectivity index (χ3v) is 4.29. The van der Waals surface area contributed by atoms with Crippen molar-refractivity contribution in [3.8, 4) is 0 Å². The summed E-state index contributed by atoms with van der Waals surface area (Å²) in [6, 6.07) is 6.14. The fourth-order valence-corrected chi connectivity index (χ4v) is 3.00. The maximum absolute atomic E-state index is 12.9. The molecule has 1 aliphatic carbocycles. The van der Waals surface area contributed by atoms with Gasteiger partial charge in [-0.2, -0.15) is 0 Å². The van der Waals surface area contributed by atoms with Crippen LogP contribution in [0.25, 0.3) is 0 Å².